The lowest BCUT2D eigenvalue weighted by Gasteiger charge is -2.09. The molecule has 4 heteroatoms. The summed E-state index contributed by atoms with van der Waals surface area (Å²) < 4.78 is 22.3. The molecule has 1 heterocycles. The van der Waals surface area contributed by atoms with E-state index in [2.05, 4.69) is 11.9 Å². The monoisotopic (exact) mass is 231 g/mol. The molecule has 1 N–H and O–H groups in total. The van der Waals surface area contributed by atoms with Crippen LogP contribution in [0.1, 0.15) is 32.1 Å². The van der Waals surface area contributed by atoms with Gasteiger partial charge in [-0.05, 0) is 32.2 Å². The van der Waals surface area contributed by atoms with Gasteiger partial charge in [0.2, 0.25) is 0 Å². The van der Waals surface area contributed by atoms with Gasteiger partial charge < -0.3 is 5.32 Å². The first-order valence-electron chi connectivity index (χ1n) is 5.69. The Kier molecular flexibility index (Phi) is 5.32. The van der Waals surface area contributed by atoms with Crippen LogP contribution in [0.15, 0.2) is 12.7 Å². The minimum atomic E-state index is -2.72. The minimum absolute atomic E-state index is 0.203. The predicted molar refractivity (Wildman–Crippen MR) is 63.7 cm³/mol. The lowest BCUT2D eigenvalue weighted by atomic mass is 10.2. The zero-order valence-electron chi connectivity index (χ0n) is 9.24. The predicted octanol–water partition coefficient (Wildman–Crippen LogP) is 1.51. The third-order valence-electron chi connectivity index (χ3n) is 2.75. The van der Waals surface area contributed by atoms with E-state index in [1.54, 1.807) is 0 Å². The largest absolute Gasteiger partial charge is 0.313 e. The molecule has 15 heavy (non-hydrogen) atoms. The summed E-state index contributed by atoms with van der Waals surface area (Å²) in [6, 6.07) is 0.203. The molecule has 0 aromatic rings. The Morgan fingerprint density at radius 2 is 2.13 bits per heavy atom. The molecule has 1 aliphatic rings. The highest BCUT2D eigenvalue weighted by Crippen LogP contribution is 2.11. The van der Waals surface area contributed by atoms with E-state index in [0.717, 1.165) is 25.8 Å². The highest BCUT2D eigenvalue weighted by Gasteiger charge is 2.26. The van der Waals surface area contributed by atoms with Crippen LogP contribution in [-0.4, -0.2) is 32.5 Å². The fourth-order valence-corrected chi connectivity index (χ4v) is 3.56. The summed E-state index contributed by atoms with van der Waals surface area (Å²) in [6.45, 7) is 4.62. The first-order chi connectivity index (χ1) is 7.14. The van der Waals surface area contributed by atoms with Crippen molar-refractivity contribution in [2.24, 2.45) is 0 Å². The van der Waals surface area contributed by atoms with Gasteiger partial charge in [-0.15, -0.1) is 6.58 Å². The van der Waals surface area contributed by atoms with Gasteiger partial charge in [-0.2, -0.15) is 0 Å². The maximum atomic E-state index is 11.2. The molecular weight excluding hydrogens is 210 g/mol. The second-order valence-electron chi connectivity index (χ2n) is 4.19. The summed E-state index contributed by atoms with van der Waals surface area (Å²) in [7, 11) is -2.72. The molecule has 0 aromatic carbocycles. The minimum Gasteiger partial charge on any atom is -0.313 e. The van der Waals surface area contributed by atoms with E-state index in [-0.39, 0.29) is 6.04 Å². The smallest absolute Gasteiger partial charge is 0.151 e. The normalized spacial score (nSPS) is 24.1. The summed E-state index contributed by atoms with van der Waals surface area (Å²) in [5, 5.41) is 3.31. The zero-order valence-corrected chi connectivity index (χ0v) is 10.1. The molecule has 0 bridgehead atoms. The third-order valence-corrected chi connectivity index (χ3v) is 4.52. The van der Waals surface area contributed by atoms with Crippen molar-refractivity contribution in [1.29, 1.82) is 0 Å². The van der Waals surface area contributed by atoms with Crippen LogP contribution in [0.4, 0.5) is 0 Å². The molecule has 1 rings (SSSR count). The van der Waals surface area contributed by atoms with Crippen LogP contribution in [0.25, 0.3) is 0 Å². The average molecular weight is 231 g/mol. The molecule has 1 unspecified atom stereocenters. The quantitative estimate of drug-likeness (QED) is 0.533. The summed E-state index contributed by atoms with van der Waals surface area (Å²) in [5.74, 6) is 0.695. The van der Waals surface area contributed by atoms with Gasteiger partial charge in [0.25, 0.3) is 0 Å². The topological polar surface area (TPSA) is 46.2 Å². The lowest BCUT2D eigenvalue weighted by molar-refractivity contribution is 0.527. The number of hydrogen-bond acceptors (Lipinski definition) is 3. The molecule has 0 aromatic heterocycles. The molecule has 0 saturated carbocycles. The van der Waals surface area contributed by atoms with Gasteiger partial charge in [-0.3, -0.25) is 0 Å². The van der Waals surface area contributed by atoms with E-state index in [0.29, 0.717) is 11.5 Å². The molecule has 0 amide bonds. The SMILES string of the molecule is C=CCCCCCNC1CCS(=O)(=O)C1. The van der Waals surface area contributed by atoms with Crippen LogP contribution in [-0.2, 0) is 9.84 Å². The van der Waals surface area contributed by atoms with Crippen molar-refractivity contribution >= 4 is 9.84 Å². The van der Waals surface area contributed by atoms with Crippen molar-refractivity contribution in [3.8, 4) is 0 Å². The zero-order chi connectivity index (χ0) is 11.1. The fourth-order valence-electron chi connectivity index (χ4n) is 1.85. The van der Waals surface area contributed by atoms with Crippen molar-refractivity contribution in [2.75, 3.05) is 18.1 Å². The Balaban J connectivity index is 1.99. The third kappa shape index (κ3) is 5.33. The van der Waals surface area contributed by atoms with E-state index in [4.69, 9.17) is 0 Å². The number of unbranched alkanes of at least 4 members (excludes halogenated alkanes) is 3. The van der Waals surface area contributed by atoms with E-state index >= 15 is 0 Å². The number of rotatable bonds is 7. The molecule has 3 nitrogen and oxygen atoms in total. The Labute approximate surface area is 92.9 Å². The van der Waals surface area contributed by atoms with Crippen LogP contribution in [0, 0.1) is 0 Å². The van der Waals surface area contributed by atoms with Gasteiger partial charge >= 0.3 is 0 Å². The Morgan fingerprint density at radius 1 is 1.33 bits per heavy atom. The molecule has 1 saturated heterocycles. The van der Waals surface area contributed by atoms with Gasteiger partial charge in [0, 0.05) is 6.04 Å². The molecule has 0 aliphatic carbocycles. The second-order valence-corrected chi connectivity index (χ2v) is 6.42. The second kappa shape index (κ2) is 6.28. The fraction of sp³-hybridized carbons (Fsp3) is 0.818. The number of allylic oxidation sites excluding steroid dienone is 1. The van der Waals surface area contributed by atoms with Crippen LogP contribution in [0.3, 0.4) is 0 Å². The molecule has 1 aliphatic heterocycles. The van der Waals surface area contributed by atoms with Crippen molar-refractivity contribution in [1.82, 2.24) is 5.32 Å². The lowest BCUT2D eigenvalue weighted by Crippen LogP contribution is -2.30. The van der Waals surface area contributed by atoms with Crippen LogP contribution >= 0.6 is 0 Å². The number of sulfone groups is 1. The molecule has 1 atom stereocenters. The van der Waals surface area contributed by atoms with Crippen molar-refractivity contribution in [2.45, 2.75) is 38.1 Å². The van der Waals surface area contributed by atoms with E-state index < -0.39 is 9.84 Å². The van der Waals surface area contributed by atoms with E-state index in [9.17, 15) is 8.42 Å². The van der Waals surface area contributed by atoms with Crippen molar-refractivity contribution in [3.05, 3.63) is 12.7 Å². The van der Waals surface area contributed by atoms with Crippen LogP contribution in [0.2, 0.25) is 0 Å². The molecular formula is C11H21NO2S. The standard InChI is InChI=1S/C11H21NO2S/c1-2-3-4-5-6-8-12-11-7-9-15(13,14)10-11/h2,11-12H,1,3-10H2. The van der Waals surface area contributed by atoms with Gasteiger partial charge in [-0.1, -0.05) is 12.5 Å². The summed E-state index contributed by atoms with van der Waals surface area (Å²) in [5.41, 5.74) is 0. The van der Waals surface area contributed by atoms with Crippen LogP contribution in [0.5, 0.6) is 0 Å². The van der Waals surface area contributed by atoms with Gasteiger partial charge in [0.1, 0.15) is 0 Å². The Hall–Kier alpha value is -0.350. The first kappa shape index (κ1) is 12.7. The Bertz CT molecular complexity index is 285. The van der Waals surface area contributed by atoms with Gasteiger partial charge in [0.15, 0.2) is 9.84 Å². The summed E-state index contributed by atoms with van der Waals surface area (Å²) >= 11 is 0. The van der Waals surface area contributed by atoms with Gasteiger partial charge in [0.05, 0.1) is 11.5 Å². The van der Waals surface area contributed by atoms with Crippen molar-refractivity contribution < 1.29 is 8.42 Å². The van der Waals surface area contributed by atoms with Crippen LogP contribution < -0.4 is 5.32 Å². The Morgan fingerprint density at radius 3 is 2.73 bits per heavy atom. The van der Waals surface area contributed by atoms with Crippen molar-refractivity contribution in [3.63, 3.8) is 0 Å². The van der Waals surface area contributed by atoms with E-state index in [1.807, 2.05) is 6.08 Å². The highest BCUT2D eigenvalue weighted by atomic mass is 32.2. The molecule has 0 radical (unpaired) electrons. The average Bonchev–Trinajstić information content (AvgIpc) is 2.52. The molecule has 0 spiro atoms. The maximum Gasteiger partial charge on any atom is 0.151 e. The number of hydrogen-bond donors (Lipinski definition) is 1. The number of nitrogens with one attached hydrogen (secondary N) is 1. The summed E-state index contributed by atoms with van der Waals surface area (Å²) in [4.78, 5) is 0. The first-order valence-corrected chi connectivity index (χ1v) is 7.51. The maximum absolute atomic E-state index is 11.2. The molecule has 1 fully saturated rings. The van der Waals surface area contributed by atoms with Gasteiger partial charge in [-0.25, -0.2) is 8.42 Å². The van der Waals surface area contributed by atoms with E-state index in [1.165, 1.54) is 12.8 Å². The molecule has 88 valence electrons. The summed E-state index contributed by atoms with van der Waals surface area (Å²) in [6.07, 6.45) is 7.32. The highest BCUT2D eigenvalue weighted by molar-refractivity contribution is 7.91.